The summed E-state index contributed by atoms with van der Waals surface area (Å²) < 4.78 is 17.2. The molecule has 1 fully saturated rings. The van der Waals surface area contributed by atoms with Crippen LogP contribution >= 0.6 is 11.6 Å². The Kier molecular flexibility index (Phi) is 6.07. The van der Waals surface area contributed by atoms with Crippen molar-refractivity contribution in [2.45, 2.75) is 32.4 Å². The fourth-order valence-electron chi connectivity index (χ4n) is 3.53. The van der Waals surface area contributed by atoms with Crippen LogP contribution in [0.2, 0.25) is 5.02 Å². The summed E-state index contributed by atoms with van der Waals surface area (Å²) in [6, 6.07) is 15.3. The number of benzene rings is 2. The van der Waals surface area contributed by atoms with Gasteiger partial charge in [0.05, 0.1) is 12.8 Å². The third-order valence-electron chi connectivity index (χ3n) is 5.25. The lowest BCUT2D eigenvalue weighted by atomic mass is 10.1. The Morgan fingerprint density at radius 1 is 1.03 bits per heavy atom. The van der Waals surface area contributed by atoms with Gasteiger partial charge in [-0.3, -0.25) is 4.90 Å². The number of oxazole rings is 1. The Balaban J connectivity index is 1.32. The van der Waals surface area contributed by atoms with Crippen molar-refractivity contribution >= 4 is 11.6 Å². The minimum absolute atomic E-state index is 0.239. The zero-order chi connectivity index (χ0) is 20.2. The number of aryl methyl sites for hydroxylation is 1. The average Bonchev–Trinajstić information content (AvgIpc) is 3.11. The highest BCUT2D eigenvalue weighted by Gasteiger charge is 2.22. The minimum Gasteiger partial charge on any atom is -0.497 e. The molecule has 2 aromatic carbocycles. The van der Waals surface area contributed by atoms with Crippen LogP contribution in [-0.4, -0.2) is 36.2 Å². The summed E-state index contributed by atoms with van der Waals surface area (Å²) in [5.41, 5.74) is 1.93. The Hall–Kier alpha value is -2.50. The molecule has 5 nitrogen and oxygen atoms in total. The summed E-state index contributed by atoms with van der Waals surface area (Å²) in [7, 11) is 1.67. The van der Waals surface area contributed by atoms with Crippen molar-refractivity contribution in [1.29, 1.82) is 0 Å². The lowest BCUT2D eigenvalue weighted by Crippen LogP contribution is -2.38. The van der Waals surface area contributed by atoms with E-state index in [9.17, 15) is 0 Å². The van der Waals surface area contributed by atoms with Crippen molar-refractivity contribution in [3.63, 3.8) is 0 Å². The molecule has 1 aliphatic heterocycles. The number of rotatable bonds is 6. The monoisotopic (exact) mass is 412 g/mol. The van der Waals surface area contributed by atoms with E-state index in [-0.39, 0.29) is 6.10 Å². The lowest BCUT2D eigenvalue weighted by Gasteiger charge is -2.31. The summed E-state index contributed by atoms with van der Waals surface area (Å²) in [6.45, 7) is 4.71. The van der Waals surface area contributed by atoms with Gasteiger partial charge in [0.15, 0.2) is 0 Å². The van der Waals surface area contributed by atoms with Gasteiger partial charge in [0.2, 0.25) is 5.89 Å². The van der Waals surface area contributed by atoms with Gasteiger partial charge in [0.1, 0.15) is 23.4 Å². The number of hydrogen-bond acceptors (Lipinski definition) is 5. The number of methoxy groups -OCH3 is 1. The van der Waals surface area contributed by atoms with Crippen LogP contribution in [0, 0.1) is 6.92 Å². The summed E-state index contributed by atoms with van der Waals surface area (Å²) in [6.07, 6.45) is 2.22. The molecule has 0 atom stereocenters. The molecular weight excluding hydrogens is 388 g/mol. The molecule has 3 aromatic rings. The van der Waals surface area contributed by atoms with Gasteiger partial charge in [-0.1, -0.05) is 11.6 Å². The third kappa shape index (κ3) is 4.92. The van der Waals surface area contributed by atoms with Gasteiger partial charge in [-0.15, -0.1) is 0 Å². The normalized spacial score (nSPS) is 15.4. The van der Waals surface area contributed by atoms with Crippen LogP contribution in [-0.2, 0) is 6.54 Å². The first-order valence-electron chi connectivity index (χ1n) is 9.86. The number of hydrogen-bond donors (Lipinski definition) is 0. The molecule has 0 bridgehead atoms. The maximum absolute atomic E-state index is 6.12. The van der Waals surface area contributed by atoms with E-state index in [1.54, 1.807) is 7.11 Å². The summed E-state index contributed by atoms with van der Waals surface area (Å²) >= 11 is 5.97. The molecule has 1 saturated heterocycles. The van der Waals surface area contributed by atoms with E-state index in [1.807, 2.05) is 55.5 Å². The van der Waals surface area contributed by atoms with Crippen molar-refractivity contribution in [3.05, 3.63) is 65.0 Å². The summed E-state index contributed by atoms with van der Waals surface area (Å²) in [5, 5.41) is 0.706. The molecule has 2 heterocycles. The van der Waals surface area contributed by atoms with Crippen molar-refractivity contribution in [2.24, 2.45) is 0 Å². The highest BCUT2D eigenvalue weighted by molar-refractivity contribution is 6.30. The summed E-state index contributed by atoms with van der Waals surface area (Å²) in [4.78, 5) is 7.12. The zero-order valence-corrected chi connectivity index (χ0v) is 17.5. The van der Waals surface area contributed by atoms with E-state index in [2.05, 4.69) is 4.90 Å². The molecule has 6 heteroatoms. The molecule has 0 radical (unpaired) electrons. The largest absolute Gasteiger partial charge is 0.497 e. The number of nitrogens with zero attached hydrogens (tertiary/aromatic N) is 2. The van der Waals surface area contributed by atoms with Crippen LogP contribution in [0.1, 0.15) is 24.3 Å². The van der Waals surface area contributed by atoms with Crippen LogP contribution < -0.4 is 9.47 Å². The SMILES string of the molecule is COc1ccc(OC2CCN(Cc3nc(-c4ccc(Cl)cc4)oc3C)CC2)cc1. The van der Waals surface area contributed by atoms with Gasteiger partial charge in [-0.2, -0.15) is 0 Å². The van der Waals surface area contributed by atoms with Crippen molar-refractivity contribution in [3.8, 4) is 23.0 Å². The average molecular weight is 413 g/mol. The maximum Gasteiger partial charge on any atom is 0.226 e. The highest BCUT2D eigenvalue weighted by Crippen LogP contribution is 2.26. The van der Waals surface area contributed by atoms with Crippen LogP contribution in [0.4, 0.5) is 0 Å². The molecule has 0 saturated carbocycles. The molecule has 0 amide bonds. The first kappa shape index (κ1) is 19.8. The van der Waals surface area contributed by atoms with Crippen LogP contribution in [0.25, 0.3) is 11.5 Å². The van der Waals surface area contributed by atoms with Crippen LogP contribution in [0.5, 0.6) is 11.5 Å². The van der Waals surface area contributed by atoms with E-state index >= 15 is 0 Å². The standard InChI is InChI=1S/C23H25ClN2O3/c1-16-22(25-23(28-16)17-3-5-18(24)6-4-17)15-26-13-11-21(12-14-26)29-20-9-7-19(27-2)8-10-20/h3-10,21H,11-15H2,1-2H3. The Morgan fingerprint density at radius 3 is 2.34 bits per heavy atom. The third-order valence-corrected chi connectivity index (χ3v) is 5.51. The van der Waals surface area contributed by atoms with Crippen molar-refractivity contribution in [1.82, 2.24) is 9.88 Å². The van der Waals surface area contributed by atoms with E-state index in [0.29, 0.717) is 10.9 Å². The molecule has 0 spiro atoms. The summed E-state index contributed by atoms with van der Waals surface area (Å²) in [5.74, 6) is 3.25. The van der Waals surface area contributed by atoms with E-state index in [4.69, 9.17) is 30.5 Å². The molecule has 0 unspecified atom stereocenters. The van der Waals surface area contributed by atoms with Gasteiger partial charge >= 0.3 is 0 Å². The molecule has 152 valence electrons. The number of halogens is 1. The number of ether oxygens (including phenoxy) is 2. The molecule has 0 N–H and O–H groups in total. The predicted octanol–water partition coefficient (Wildman–Crippen LogP) is 5.36. The van der Waals surface area contributed by atoms with Crippen LogP contribution in [0.3, 0.4) is 0 Å². The van der Waals surface area contributed by atoms with Gasteiger partial charge in [-0.05, 0) is 68.3 Å². The Bertz CT molecular complexity index is 930. The minimum atomic E-state index is 0.239. The fourth-order valence-corrected chi connectivity index (χ4v) is 3.66. The molecule has 0 aliphatic carbocycles. The first-order valence-corrected chi connectivity index (χ1v) is 10.2. The lowest BCUT2D eigenvalue weighted by molar-refractivity contribution is 0.0959. The molecular formula is C23H25ClN2O3. The van der Waals surface area contributed by atoms with Gasteiger partial charge < -0.3 is 13.9 Å². The number of likely N-dealkylation sites (tertiary alicyclic amines) is 1. The Morgan fingerprint density at radius 2 is 1.69 bits per heavy atom. The Labute approximate surface area is 176 Å². The van der Waals surface area contributed by atoms with Crippen LogP contribution in [0.15, 0.2) is 52.9 Å². The van der Waals surface area contributed by atoms with E-state index in [1.165, 1.54) is 0 Å². The number of aromatic nitrogens is 1. The first-order chi connectivity index (χ1) is 14.1. The van der Waals surface area contributed by atoms with Crippen molar-refractivity contribution < 1.29 is 13.9 Å². The molecule has 4 rings (SSSR count). The fraction of sp³-hybridized carbons (Fsp3) is 0.348. The molecule has 1 aromatic heterocycles. The van der Waals surface area contributed by atoms with Crippen molar-refractivity contribution in [2.75, 3.05) is 20.2 Å². The number of piperidine rings is 1. The second-order valence-electron chi connectivity index (χ2n) is 7.30. The molecule has 29 heavy (non-hydrogen) atoms. The second kappa shape index (κ2) is 8.89. The van der Waals surface area contributed by atoms with Gasteiger partial charge in [0, 0.05) is 30.2 Å². The van der Waals surface area contributed by atoms with Gasteiger partial charge in [0.25, 0.3) is 0 Å². The van der Waals surface area contributed by atoms with E-state index in [0.717, 1.165) is 61.0 Å². The van der Waals surface area contributed by atoms with Gasteiger partial charge in [-0.25, -0.2) is 4.98 Å². The predicted molar refractivity (Wildman–Crippen MR) is 114 cm³/mol. The maximum atomic E-state index is 6.12. The molecule has 1 aliphatic rings. The van der Waals surface area contributed by atoms with E-state index < -0.39 is 0 Å². The smallest absolute Gasteiger partial charge is 0.226 e. The quantitative estimate of drug-likeness (QED) is 0.545. The zero-order valence-electron chi connectivity index (χ0n) is 16.7. The topological polar surface area (TPSA) is 47.7 Å². The second-order valence-corrected chi connectivity index (χ2v) is 7.73. The highest BCUT2D eigenvalue weighted by atomic mass is 35.5.